The minimum atomic E-state index is -3.44. The molecular formula is C11H13BrClNO5S. The van der Waals surface area contributed by atoms with Crippen LogP contribution >= 0.6 is 26.6 Å². The Kier molecular flexibility index (Phi) is 6.70. The van der Waals surface area contributed by atoms with Gasteiger partial charge in [-0.15, -0.1) is 0 Å². The SMILES string of the molecule is O=[N+]([O-])c1cccc(OCCCCCS(=O)(=O)Cl)c1Br. The van der Waals surface area contributed by atoms with Crippen LogP contribution in [0.4, 0.5) is 5.69 Å². The fraction of sp³-hybridized carbons (Fsp3) is 0.455. The summed E-state index contributed by atoms with van der Waals surface area (Å²) in [4.78, 5) is 10.2. The highest BCUT2D eigenvalue weighted by Crippen LogP contribution is 2.33. The number of nitrogens with zero attached hydrogens (tertiary/aromatic N) is 1. The average molecular weight is 387 g/mol. The molecule has 0 N–H and O–H groups in total. The molecule has 0 spiro atoms. The van der Waals surface area contributed by atoms with Gasteiger partial charge in [0.1, 0.15) is 10.2 Å². The third-order valence-electron chi connectivity index (χ3n) is 2.43. The van der Waals surface area contributed by atoms with Crippen molar-refractivity contribution < 1.29 is 18.1 Å². The van der Waals surface area contributed by atoms with Crippen molar-refractivity contribution in [3.63, 3.8) is 0 Å². The van der Waals surface area contributed by atoms with Crippen LogP contribution in [-0.4, -0.2) is 25.7 Å². The zero-order chi connectivity index (χ0) is 15.2. The molecular weight excluding hydrogens is 374 g/mol. The molecule has 0 saturated heterocycles. The highest BCUT2D eigenvalue weighted by molar-refractivity contribution is 9.10. The zero-order valence-corrected chi connectivity index (χ0v) is 13.6. The van der Waals surface area contributed by atoms with Gasteiger partial charge in [-0.25, -0.2) is 8.42 Å². The van der Waals surface area contributed by atoms with E-state index < -0.39 is 14.0 Å². The molecule has 0 heterocycles. The van der Waals surface area contributed by atoms with Crippen LogP contribution in [0.2, 0.25) is 0 Å². The molecule has 9 heteroatoms. The Hall–Kier alpha value is -0.860. The molecule has 1 aromatic rings. The van der Waals surface area contributed by atoms with Crippen molar-refractivity contribution >= 4 is 41.4 Å². The van der Waals surface area contributed by atoms with Crippen molar-refractivity contribution in [1.29, 1.82) is 0 Å². The van der Waals surface area contributed by atoms with E-state index in [1.807, 2.05) is 0 Å². The molecule has 0 unspecified atom stereocenters. The van der Waals surface area contributed by atoms with E-state index in [2.05, 4.69) is 15.9 Å². The van der Waals surface area contributed by atoms with E-state index in [0.29, 0.717) is 36.1 Å². The van der Waals surface area contributed by atoms with Crippen LogP contribution in [-0.2, 0) is 9.05 Å². The number of hydrogen-bond donors (Lipinski definition) is 0. The van der Waals surface area contributed by atoms with Gasteiger partial charge in [-0.2, -0.15) is 0 Å². The minimum absolute atomic E-state index is 0.0595. The number of nitro groups is 1. The summed E-state index contributed by atoms with van der Waals surface area (Å²) in [6, 6.07) is 4.54. The normalized spacial score (nSPS) is 11.3. The fourth-order valence-electron chi connectivity index (χ4n) is 1.49. The summed E-state index contributed by atoms with van der Waals surface area (Å²) >= 11 is 3.13. The fourth-order valence-corrected chi connectivity index (χ4v) is 2.89. The molecule has 20 heavy (non-hydrogen) atoms. The van der Waals surface area contributed by atoms with Crippen LogP contribution in [0.5, 0.6) is 5.75 Å². The molecule has 1 rings (SSSR count). The lowest BCUT2D eigenvalue weighted by Crippen LogP contribution is -2.01. The molecule has 112 valence electrons. The van der Waals surface area contributed by atoms with Crippen molar-refractivity contribution in [2.75, 3.05) is 12.4 Å². The van der Waals surface area contributed by atoms with E-state index >= 15 is 0 Å². The van der Waals surface area contributed by atoms with Gasteiger partial charge in [-0.05, 0) is 41.3 Å². The predicted molar refractivity (Wildman–Crippen MR) is 79.8 cm³/mol. The minimum Gasteiger partial charge on any atom is -0.492 e. The monoisotopic (exact) mass is 385 g/mol. The third kappa shape index (κ3) is 6.06. The van der Waals surface area contributed by atoms with E-state index in [9.17, 15) is 18.5 Å². The van der Waals surface area contributed by atoms with Gasteiger partial charge in [-0.1, -0.05) is 6.07 Å². The Bertz CT molecular complexity index is 578. The van der Waals surface area contributed by atoms with E-state index in [-0.39, 0.29) is 11.4 Å². The first-order chi connectivity index (χ1) is 9.31. The Morgan fingerprint density at radius 3 is 2.60 bits per heavy atom. The molecule has 0 bridgehead atoms. The second kappa shape index (κ2) is 7.80. The predicted octanol–water partition coefficient (Wildman–Crippen LogP) is 3.48. The van der Waals surface area contributed by atoms with Crippen LogP contribution in [0.25, 0.3) is 0 Å². The van der Waals surface area contributed by atoms with Gasteiger partial charge in [0.15, 0.2) is 0 Å². The molecule has 0 aliphatic rings. The maximum Gasteiger partial charge on any atom is 0.287 e. The van der Waals surface area contributed by atoms with E-state index in [1.165, 1.54) is 12.1 Å². The summed E-state index contributed by atoms with van der Waals surface area (Å²) in [5, 5.41) is 10.7. The molecule has 0 atom stereocenters. The number of rotatable bonds is 8. The Labute approximate surface area is 129 Å². The standard InChI is InChI=1S/C11H13BrClNO5S/c12-11-9(14(15)16)5-4-6-10(11)19-7-2-1-3-8-20(13,17)18/h4-6H,1-3,7-8H2. The molecule has 0 radical (unpaired) electrons. The number of ether oxygens (including phenoxy) is 1. The smallest absolute Gasteiger partial charge is 0.287 e. The van der Waals surface area contributed by atoms with Crippen molar-refractivity contribution in [2.45, 2.75) is 19.3 Å². The van der Waals surface area contributed by atoms with Crippen LogP contribution in [0.3, 0.4) is 0 Å². The van der Waals surface area contributed by atoms with Gasteiger partial charge in [-0.3, -0.25) is 10.1 Å². The summed E-state index contributed by atoms with van der Waals surface area (Å²) in [6.07, 6.45) is 1.76. The van der Waals surface area contributed by atoms with Gasteiger partial charge in [0.2, 0.25) is 9.05 Å². The zero-order valence-electron chi connectivity index (χ0n) is 10.4. The molecule has 0 saturated carbocycles. The van der Waals surface area contributed by atoms with Crippen LogP contribution in [0.15, 0.2) is 22.7 Å². The largest absolute Gasteiger partial charge is 0.492 e. The molecule has 0 amide bonds. The first-order valence-electron chi connectivity index (χ1n) is 5.79. The summed E-state index contributed by atoms with van der Waals surface area (Å²) in [7, 11) is 1.64. The van der Waals surface area contributed by atoms with Crippen molar-refractivity contribution in [2.24, 2.45) is 0 Å². The van der Waals surface area contributed by atoms with Crippen molar-refractivity contribution in [1.82, 2.24) is 0 Å². The Morgan fingerprint density at radius 2 is 2.00 bits per heavy atom. The van der Waals surface area contributed by atoms with E-state index in [4.69, 9.17) is 15.4 Å². The topological polar surface area (TPSA) is 86.5 Å². The van der Waals surface area contributed by atoms with Crippen LogP contribution in [0, 0.1) is 10.1 Å². The number of unbranched alkanes of at least 4 members (excludes halogenated alkanes) is 2. The molecule has 6 nitrogen and oxygen atoms in total. The molecule has 0 aromatic heterocycles. The molecule has 1 aromatic carbocycles. The first-order valence-corrected chi connectivity index (χ1v) is 9.06. The number of benzene rings is 1. The van der Waals surface area contributed by atoms with Crippen LogP contribution < -0.4 is 4.74 Å². The number of nitro benzene ring substituents is 1. The second-order valence-corrected chi connectivity index (χ2v) is 7.69. The number of hydrogen-bond acceptors (Lipinski definition) is 5. The average Bonchev–Trinajstić information content (AvgIpc) is 2.33. The lowest BCUT2D eigenvalue weighted by molar-refractivity contribution is -0.385. The third-order valence-corrected chi connectivity index (χ3v) is 4.47. The summed E-state index contributed by atoms with van der Waals surface area (Å²) in [6.45, 7) is 0.349. The molecule has 0 aliphatic carbocycles. The summed E-state index contributed by atoms with van der Waals surface area (Å²) in [5.41, 5.74) is -0.0595. The molecule has 0 fully saturated rings. The van der Waals surface area contributed by atoms with E-state index in [1.54, 1.807) is 6.07 Å². The van der Waals surface area contributed by atoms with Gasteiger partial charge < -0.3 is 4.74 Å². The molecule has 0 aliphatic heterocycles. The highest BCUT2D eigenvalue weighted by Gasteiger charge is 2.15. The Morgan fingerprint density at radius 1 is 1.30 bits per heavy atom. The first kappa shape index (κ1) is 17.2. The lowest BCUT2D eigenvalue weighted by atomic mass is 10.2. The Balaban J connectivity index is 2.40. The maximum absolute atomic E-state index is 10.7. The highest BCUT2D eigenvalue weighted by atomic mass is 79.9. The summed E-state index contributed by atoms with van der Waals surface area (Å²) in [5.74, 6) is 0.332. The van der Waals surface area contributed by atoms with Crippen molar-refractivity contribution in [3.05, 3.63) is 32.8 Å². The second-order valence-electron chi connectivity index (χ2n) is 4.00. The quantitative estimate of drug-likeness (QED) is 0.295. The van der Waals surface area contributed by atoms with Gasteiger partial charge in [0.25, 0.3) is 5.69 Å². The van der Waals surface area contributed by atoms with Gasteiger partial charge in [0, 0.05) is 16.7 Å². The van der Waals surface area contributed by atoms with Gasteiger partial charge >= 0.3 is 0 Å². The lowest BCUT2D eigenvalue weighted by Gasteiger charge is -2.07. The number of halogens is 2. The van der Waals surface area contributed by atoms with Gasteiger partial charge in [0.05, 0.1) is 17.3 Å². The maximum atomic E-state index is 10.7. The van der Waals surface area contributed by atoms with Crippen molar-refractivity contribution in [3.8, 4) is 5.75 Å². The van der Waals surface area contributed by atoms with Crippen LogP contribution in [0.1, 0.15) is 19.3 Å². The summed E-state index contributed by atoms with van der Waals surface area (Å²) < 4.78 is 27.1. The van der Waals surface area contributed by atoms with E-state index in [0.717, 1.165) is 0 Å².